The number of hydroxylamine groups is 1. The number of nitrogens with two attached hydrogens (primary N) is 2. The highest BCUT2D eigenvalue weighted by Gasteiger charge is 2.42. The van der Waals surface area contributed by atoms with Gasteiger partial charge in [-0.15, -0.1) is 0 Å². The Bertz CT molecular complexity index is 1730. The van der Waals surface area contributed by atoms with Crippen LogP contribution >= 0.6 is 0 Å². The summed E-state index contributed by atoms with van der Waals surface area (Å²) in [5.41, 5.74) is 16.7. The summed E-state index contributed by atoms with van der Waals surface area (Å²) >= 11 is 0. The van der Waals surface area contributed by atoms with Crippen molar-refractivity contribution in [2.75, 3.05) is 39.5 Å². The molecule has 1 fully saturated rings. The average Bonchev–Trinajstić information content (AvgIpc) is 3.17. The number of aryl methyl sites for hydroxylation is 2. The third-order valence-corrected chi connectivity index (χ3v) is 11.3. The molecule has 0 saturated heterocycles. The first kappa shape index (κ1) is 44.5. The van der Waals surface area contributed by atoms with Crippen LogP contribution in [0, 0.1) is 28.3 Å². The lowest BCUT2D eigenvalue weighted by molar-refractivity contribution is -0.502. The molecule has 1 unspecified atom stereocenters. The Morgan fingerprint density at radius 2 is 1.75 bits per heavy atom. The predicted molar refractivity (Wildman–Crippen MR) is 226 cm³/mol. The average molecular weight is 775 g/mol. The fourth-order valence-corrected chi connectivity index (χ4v) is 7.79. The molecule has 10 heteroatoms. The zero-order chi connectivity index (χ0) is 40.8. The molecule has 1 aliphatic heterocycles. The summed E-state index contributed by atoms with van der Waals surface area (Å²) in [6.07, 6.45) is 12.0. The van der Waals surface area contributed by atoms with E-state index in [2.05, 4.69) is 31.1 Å². The number of ether oxygens (including phenoxy) is 3. The van der Waals surface area contributed by atoms with Gasteiger partial charge in [-0.1, -0.05) is 57.9 Å². The second-order valence-corrected chi connectivity index (χ2v) is 16.6. The van der Waals surface area contributed by atoms with Crippen LogP contribution in [0.3, 0.4) is 0 Å². The number of carbonyl (C=O) groups excluding carboxylic acids is 1. The Hall–Kier alpha value is -4.18. The van der Waals surface area contributed by atoms with E-state index in [0.717, 1.165) is 45.8 Å². The molecule has 0 aromatic heterocycles. The van der Waals surface area contributed by atoms with E-state index < -0.39 is 11.4 Å². The van der Waals surface area contributed by atoms with Crippen molar-refractivity contribution in [1.82, 2.24) is 0 Å². The second kappa shape index (κ2) is 21.4. The molecular weight excluding hydrogens is 708 g/mol. The first-order valence-corrected chi connectivity index (χ1v) is 20.8. The van der Waals surface area contributed by atoms with Crippen LogP contribution in [0.5, 0.6) is 5.75 Å². The first-order chi connectivity index (χ1) is 26.8. The lowest BCUT2D eigenvalue weighted by atomic mass is 9.77. The zero-order valence-electron chi connectivity index (χ0n) is 34.7. The molecule has 4 N–H and O–H groups in total. The number of esters is 1. The lowest BCUT2D eigenvalue weighted by Gasteiger charge is -2.35. The molecule has 1 aliphatic carbocycles. The Balaban J connectivity index is 1.68. The third-order valence-electron chi connectivity index (χ3n) is 11.3. The van der Waals surface area contributed by atoms with Gasteiger partial charge in [0, 0.05) is 24.2 Å². The molecule has 56 heavy (non-hydrogen) atoms. The molecule has 1 heterocycles. The number of halogens is 1. The van der Waals surface area contributed by atoms with Gasteiger partial charge in [0.15, 0.2) is 6.54 Å². The SMILES string of the molecule is C=C(C)C(=O)OCCCc1cc(-c2ccc(C3CCC(CCCCC)CC3)cc2F)cc(CCCN=C(N)C(=C)C)c1OCC1(CN)COC(C(C)C)=[N+]([O-])C1. The maximum atomic E-state index is 16.3. The van der Waals surface area contributed by atoms with Crippen LogP contribution in [0.2, 0.25) is 0 Å². The van der Waals surface area contributed by atoms with E-state index in [9.17, 15) is 10.0 Å². The van der Waals surface area contributed by atoms with Crippen LogP contribution in [0.15, 0.2) is 59.6 Å². The molecule has 308 valence electrons. The van der Waals surface area contributed by atoms with Crippen LogP contribution in [0.4, 0.5) is 4.39 Å². The number of unbranched alkanes of at least 4 members (excludes halogenated alkanes) is 2. The lowest BCUT2D eigenvalue weighted by Crippen LogP contribution is -2.52. The van der Waals surface area contributed by atoms with E-state index in [4.69, 9.17) is 25.7 Å². The molecule has 0 bridgehead atoms. The van der Waals surface area contributed by atoms with Gasteiger partial charge in [0.05, 0.1) is 12.5 Å². The molecule has 2 aliphatic rings. The van der Waals surface area contributed by atoms with Crippen LogP contribution in [0.25, 0.3) is 11.1 Å². The van der Waals surface area contributed by atoms with Crippen LogP contribution in [0.1, 0.15) is 121 Å². The molecule has 2 aromatic carbocycles. The number of carbonyl (C=O) groups is 1. The van der Waals surface area contributed by atoms with E-state index in [1.165, 1.54) is 38.5 Å². The van der Waals surface area contributed by atoms with Gasteiger partial charge >= 0.3 is 11.9 Å². The molecule has 1 saturated carbocycles. The van der Waals surface area contributed by atoms with Crippen molar-refractivity contribution in [3.05, 3.63) is 82.4 Å². The minimum Gasteiger partial charge on any atom is -0.621 e. The normalized spacial score (nSPS) is 20.2. The van der Waals surface area contributed by atoms with Crippen LogP contribution in [-0.4, -0.2) is 61.9 Å². The van der Waals surface area contributed by atoms with Crippen LogP contribution < -0.4 is 16.2 Å². The number of hydrogen-bond donors (Lipinski definition) is 2. The molecular formula is C46H67FN4O5. The summed E-state index contributed by atoms with van der Waals surface area (Å²) in [5.74, 6) is 1.85. The summed E-state index contributed by atoms with van der Waals surface area (Å²) < 4.78 is 35.3. The monoisotopic (exact) mass is 775 g/mol. The van der Waals surface area contributed by atoms with Gasteiger partial charge in [-0.3, -0.25) is 4.99 Å². The minimum atomic E-state index is -0.749. The first-order valence-electron chi connectivity index (χ1n) is 20.8. The maximum Gasteiger partial charge on any atom is 0.350 e. The van der Waals surface area contributed by atoms with Gasteiger partial charge in [-0.25, -0.2) is 9.18 Å². The fourth-order valence-electron chi connectivity index (χ4n) is 7.79. The van der Waals surface area contributed by atoms with Crippen molar-refractivity contribution < 1.29 is 28.1 Å². The van der Waals surface area contributed by atoms with Gasteiger partial charge in [-0.05, 0) is 137 Å². The molecule has 9 nitrogen and oxygen atoms in total. The van der Waals surface area contributed by atoms with E-state index >= 15 is 4.39 Å². The van der Waals surface area contributed by atoms with Crippen LogP contribution in [-0.2, 0) is 27.1 Å². The highest BCUT2D eigenvalue weighted by Crippen LogP contribution is 2.40. The summed E-state index contributed by atoms with van der Waals surface area (Å²) in [5, 5.41) is 13.1. The highest BCUT2D eigenvalue weighted by molar-refractivity contribution is 5.95. The van der Waals surface area contributed by atoms with Crippen molar-refractivity contribution in [3.63, 3.8) is 0 Å². The van der Waals surface area contributed by atoms with E-state index in [1.807, 2.05) is 39.0 Å². The Morgan fingerprint density at radius 3 is 2.34 bits per heavy atom. The fraction of sp³-hybridized carbons (Fsp3) is 0.587. The predicted octanol–water partition coefficient (Wildman–Crippen LogP) is 9.18. The Morgan fingerprint density at radius 1 is 1.05 bits per heavy atom. The van der Waals surface area contributed by atoms with Crippen molar-refractivity contribution in [3.8, 4) is 16.9 Å². The maximum absolute atomic E-state index is 16.3. The molecule has 1 atom stereocenters. The number of rotatable bonds is 21. The van der Waals surface area contributed by atoms with Gasteiger partial charge in [0.1, 0.15) is 36.0 Å². The second-order valence-electron chi connectivity index (χ2n) is 16.6. The smallest absolute Gasteiger partial charge is 0.350 e. The van der Waals surface area contributed by atoms with Crippen molar-refractivity contribution in [2.24, 2.45) is 33.7 Å². The third kappa shape index (κ3) is 12.4. The van der Waals surface area contributed by atoms with Gasteiger partial charge < -0.3 is 30.9 Å². The molecule has 4 rings (SSSR count). The molecule has 0 amide bonds. The van der Waals surface area contributed by atoms with E-state index in [-0.39, 0.29) is 44.6 Å². The van der Waals surface area contributed by atoms with E-state index in [1.54, 1.807) is 13.0 Å². The summed E-state index contributed by atoms with van der Waals surface area (Å²) in [7, 11) is 0. The molecule has 2 aromatic rings. The largest absolute Gasteiger partial charge is 0.621 e. The van der Waals surface area contributed by atoms with Gasteiger partial charge in [0.25, 0.3) is 0 Å². The van der Waals surface area contributed by atoms with Crippen molar-refractivity contribution in [1.29, 1.82) is 0 Å². The Kier molecular flexibility index (Phi) is 17.0. The minimum absolute atomic E-state index is 0.0553. The molecule has 0 radical (unpaired) electrons. The number of amidine groups is 1. The summed E-state index contributed by atoms with van der Waals surface area (Å²) in [4.78, 5) is 16.7. The quantitative estimate of drug-likeness (QED) is 0.0246. The van der Waals surface area contributed by atoms with Crippen molar-refractivity contribution >= 4 is 17.7 Å². The number of benzene rings is 2. The number of hydrogen-bond acceptors (Lipinski definition) is 7. The number of nitrogens with zero attached hydrogens (tertiary/aromatic N) is 2. The summed E-state index contributed by atoms with van der Waals surface area (Å²) in [6.45, 7) is 18.5. The zero-order valence-corrected chi connectivity index (χ0v) is 34.7. The van der Waals surface area contributed by atoms with Gasteiger partial charge in [0.2, 0.25) is 0 Å². The summed E-state index contributed by atoms with van der Waals surface area (Å²) in [6, 6.07) is 9.73. The highest BCUT2D eigenvalue weighted by atomic mass is 19.1. The van der Waals surface area contributed by atoms with Gasteiger partial charge in [-0.2, -0.15) is 4.74 Å². The number of aliphatic imine (C=N–C) groups is 1. The topological polar surface area (TPSA) is 135 Å². The molecule has 0 spiro atoms. The van der Waals surface area contributed by atoms with Crippen molar-refractivity contribution in [2.45, 2.75) is 118 Å². The van der Waals surface area contributed by atoms with E-state index in [0.29, 0.717) is 72.3 Å². The standard InChI is InChI=1S/C46H67FN4O5/c1-8-9-10-13-34-16-18-35(19-17-34)36-20-21-40(41(47)26-36)39-24-37(14-11-22-50-43(49)31(2)3)42(38(25-39)15-12-23-54-45(52)33(6)7)55-29-46(27-48)28-51(53)44(32(4)5)56-30-46/h20-21,24-26,32,34-35H,2,6,8-19,22-23,27-30,48H2,1,3-5,7H3,(H2,49,50). The Labute approximate surface area is 335 Å².